The number of benzene rings is 1. The Balaban J connectivity index is 1.55. The van der Waals surface area contributed by atoms with Crippen molar-refractivity contribution in [3.05, 3.63) is 29.3 Å². The quantitative estimate of drug-likeness (QED) is 0.795. The molecule has 0 aliphatic carbocycles. The lowest BCUT2D eigenvalue weighted by atomic mass is 9.95. The van der Waals surface area contributed by atoms with E-state index in [4.69, 9.17) is 0 Å². The molecule has 2 heterocycles. The molecule has 0 spiro atoms. The van der Waals surface area contributed by atoms with Crippen LogP contribution < -0.4 is 4.90 Å². The first kappa shape index (κ1) is 14.6. The van der Waals surface area contributed by atoms with Crippen LogP contribution in [0.4, 0.5) is 5.69 Å². The second-order valence-corrected chi connectivity index (χ2v) is 6.60. The molecule has 0 radical (unpaired) electrons. The Morgan fingerprint density at radius 3 is 2.48 bits per heavy atom. The number of carbonyl (C=O) groups excluding carboxylic acids is 1. The fourth-order valence-corrected chi connectivity index (χ4v) is 3.69. The highest BCUT2D eigenvalue weighted by molar-refractivity contribution is 5.78. The van der Waals surface area contributed by atoms with Gasteiger partial charge in [-0.05, 0) is 75.4 Å². The lowest BCUT2D eigenvalue weighted by molar-refractivity contribution is 0.112. The number of nitrogens with zero attached hydrogens (tertiary/aromatic N) is 2. The molecule has 3 rings (SSSR count). The second-order valence-electron chi connectivity index (χ2n) is 6.60. The third-order valence-electron chi connectivity index (χ3n) is 5.08. The summed E-state index contributed by atoms with van der Waals surface area (Å²) in [4.78, 5) is 16.0. The van der Waals surface area contributed by atoms with Gasteiger partial charge in [-0.3, -0.25) is 4.79 Å². The summed E-state index contributed by atoms with van der Waals surface area (Å²) in [6.07, 6.45) is 6.32. The summed E-state index contributed by atoms with van der Waals surface area (Å²) in [5.41, 5.74) is 3.17. The van der Waals surface area contributed by atoms with Crippen LogP contribution in [-0.4, -0.2) is 43.9 Å². The maximum atomic E-state index is 10.9. The average Bonchev–Trinajstić information content (AvgIpc) is 3.01. The van der Waals surface area contributed by atoms with E-state index in [-0.39, 0.29) is 0 Å². The molecule has 21 heavy (non-hydrogen) atoms. The highest BCUT2D eigenvalue weighted by Crippen LogP contribution is 2.26. The fourth-order valence-electron chi connectivity index (χ4n) is 3.69. The van der Waals surface area contributed by atoms with Crippen molar-refractivity contribution in [1.82, 2.24) is 4.90 Å². The Morgan fingerprint density at radius 1 is 1.14 bits per heavy atom. The zero-order valence-corrected chi connectivity index (χ0v) is 13.1. The second kappa shape index (κ2) is 6.61. The molecule has 2 saturated heterocycles. The van der Waals surface area contributed by atoms with Gasteiger partial charge in [0.05, 0.1) is 0 Å². The van der Waals surface area contributed by atoms with Gasteiger partial charge in [0.1, 0.15) is 6.29 Å². The number of piperidine rings is 1. The molecule has 0 bridgehead atoms. The molecule has 1 aromatic rings. The molecule has 114 valence electrons. The SMILES string of the molecule is Cc1cc(N2CCC(CN3CCCC3)CC2)ccc1C=O. The van der Waals surface area contributed by atoms with Gasteiger partial charge in [0, 0.05) is 30.9 Å². The van der Waals surface area contributed by atoms with Gasteiger partial charge in [0.25, 0.3) is 0 Å². The van der Waals surface area contributed by atoms with Crippen molar-refractivity contribution in [3.63, 3.8) is 0 Å². The molecule has 0 amide bonds. The molecule has 2 aliphatic rings. The van der Waals surface area contributed by atoms with Crippen LogP contribution in [0.1, 0.15) is 41.6 Å². The van der Waals surface area contributed by atoms with Gasteiger partial charge in [-0.1, -0.05) is 0 Å². The molecule has 0 aromatic heterocycles. The summed E-state index contributed by atoms with van der Waals surface area (Å²) in [5.74, 6) is 0.870. The molecule has 0 unspecified atom stereocenters. The lowest BCUT2D eigenvalue weighted by Gasteiger charge is -2.35. The third kappa shape index (κ3) is 3.46. The number of rotatable bonds is 4. The van der Waals surface area contributed by atoms with Crippen molar-refractivity contribution in [3.8, 4) is 0 Å². The summed E-state index contributed by atoms with van der Waals surface area (Å²) in [6, 6.07) is 6.20. The van der Waals surface area contributed by atoms with E-state index < -0.39 is 0 Å². The molecular weight excluding hydrogens is 260 g/mol. The zero-order chi connectivity index (χ0) is 14.7. The normalized spacial score (nSPS) is 20.9. The summed E-state index contributed by atoms with van der Waals surface area (Å²) in [7, 11) is 0. The third-order valence-corrected chi connectivity index (χ3v) is 5.08. The van der Waals surface area contributed by atoms with Crippen LogP contribution in [0.2, 0.25) is 0 Å². The Morgan fingerprint density at radius 2 is 1.86 bits per heavy atom. The van der Waals surface area contributed by atoms with Gasteiger partial charge in [0.2, 0.25) is 0 Å². The van der Waals surface area contributed by atoms with Crippen molar-refractivity contribution in [2.45, 2.75) is 32.6 Å². The minimum absolute atomic E-state index is 0.808. The van der Waals surface area contributed by atoms with Crippen LogP contribution in [0.25, 0.3) is 0 Å². The van der Waals surface area contributed by atoms with Crippen molar-refractivity contribution >= 4 is 12.0 Å². The van der Waals surface area contributed by atoms with Crippen LogP contribution >= 0.6 is 0 Å². The minimum Gasteiger partial charge on any atom is -0.372 e. The van der Waals surface area contributed by atoms with Crippen molar-refractivity contribution < 1.29 is 4.79 Å². The number of aryl methyl sites for hydroxylation is 1. The Kier molecular flexibility index (Phi) is 4.59. The maximum absolute atomic E-state index is 10.9. The van der Waals surface area contributed by atoms with Crippen LogP contribution in [0.5, 0.6) is 0 Å². The Labute approximate surface area is 127 Å². The topological polar surface area (TPSA) is 23.6 Å². The van der Waals surface area contributed by atoms with E-state index in [1.807, 2.05) is 13.0 Å². The van der Waals surface area contributed by atoms with Gasteiger partial charge >= 0.3 is 0 Å². The summed E-state index contributed by atoms with van der Waals surface area (Å²) < 4.78 is 0. The Bertz CT molecular complexity index is 486. The average molecular weight is 286 g/mol. The smallest absolute Gasteiger partial charge is 0.150 e. The van der Waals surface area contributed by atoms with Crippen molar-refractivity contribution in [2.75, 3.05) is 37.6 Å². The Hall–Kier alpha value is -1.35. The van der Waals surface area contributed by atoms with Gasteiger partial charge in [-0.15, -0.1) is 0 Å². The van der Waals surface area contributed by atoms with Gasteiger partial charge in [-0.25, -0.2) is 0 Å². The minimum atomic E-state index is 0.808. The standard InChI is InChI=1S/C18H26N2O/c1-15-12-18(5-4-17(15)14-21)20-10-6-16(7-11-20)13-19-8-2-3-9-19/h4-5,12,14,16H,2-3,6-11,13H2,1H3. The van der Waals surface area contributed by atoms with Gasteiger partial charge < -0.3 is 9.80 Å². The molecule has 0 atom stereocenters. The van der Waals surface area contributed by atoms with Crippen LogP contribution in [0, 0.1) is 12.8 Å². The number of hydrogen-bond donors (Lipinski definition) is 0. The van der Waals surface area contributed by atoms with Crippen LogP contribution in [0.3, 0.4) is 0 Å². The first-order chi connectivity index (χ1) is 10.3. The van der Waals surface area contributed by atoms with E-state index in [0.29, 0.717) is 0 Å². The number of hydrogen-bond acceptors (Lipinski definition) is 3. The molecule has 0 saturated carbocycles. The molecule has 1 aromatic carbocycles. The van der Waals surface area contributed by atoms with E-state index in [9.17, 15) is 4.79 Å². The van der Waals surface area contributed by atoms with Crippen molar-refractivity contribution in [1.29, 1.82) is 0 Å². The van der Waals surface area contributed by atoms with E-state index in [2.05, 4.69) is 21.9 Å². The first-order valence-electron chi connectivity index (χ1n) is 8.29. The highest BCUT2D eigenvalue weighted by Gasteiger charge is 2.23. The van der Waals surface area contributed by atoms with E-state index in [0.717, 1.165) is 36.4 Å². The van der Waals surface area contributed by atoms with Crippen molar-refractivity contribution in [2.24, 2.45) is 5.92 Å². The largest absolute Gasteiger partial charge is 0.372 e. The molecule has 3 heteroatoms. The number of carbonyl (C=O) groups is 1. The lowest BCUT2D eigenvalue weighted by Crippen LogP contribution is -2.38. The monoisotopic (exact) mass is 286 g/mol. The number of aldehydes is 1. The van der Waals surface area contributed by atoms with Crippen LogP contribution in [-0.2, 0) is 0 Å². The number of likely N-dealkylation sites (tertiary alicyclic amines) is 1. The highest BCUT2D eigenvalue weighted by atomic mass is 16.1. The number of anilines is 1. The van der Waals surface area contributed by atoms with E-state index in [1.165, 1.54) is 51.0 Å². The molecule has 3 nitrogen and oxygen atoms in total. The van der Waals surface area contributed by atoms with Gasteiger partial charge in [0.15, 0.2) is 0 Å². The summed E-state index contributed by atoms with van der Waals surface area (Å²) in [6.45, 7) is 8.25. The molecule has 2 aliphatic heterocycles. The molecular formula is C18H26N2O. The summed E-state index contributed by atoms with van der Waals surface area (Å²) in [5, 5.41) is 0. The zero-order valence-electron chi connectivity index (χ0n) is 13.1. The first-order valence-corrected chi connectivity index (χ1v) is 8.29. The predicted octanol–water partition coefficient (Wildman–Crippen LogP) is 3.12. The fraction of sp³-hybridized carbons (Fsp3) is 0.611. The maximum Gasteiger partial charge on any atom is 0.150 e. The summed E-state index contributed by atoms with van der Waals surface area (Å²) >= 11 is 0. The van der Waals surface area contributed by atoms with Crippen LogP contribution in [0.15, 0.2) is 18.2 Å². The molecule has 2 fully saturated rings. The van der Waals surface area contributed by atoms with E-state index >= 15 is 0 Å². The van der Waals surface area contributed by atoms with E-state index in [1.54, 1.807) is 0 Å². The van der Waals surface area contributed by atoms with Gasteiger partial charge in [-0.2, -0.15) is 0 Å². The molecule has 0 N–H and O–H groups in total. The predicted molar refractivity (Wildman–Crippen MR) is 87.2 cm³/mol.